The van der Waals surface area contributed by atoms with Gasteiger partial charge in [0, 0.05) is 18.8 Å². The molecule has 1 N–H and O–H groups in total. The Morgan fingerprint density at radius 1 is 1.19 bits per heavy atom. The predicted molar refractivity (Wildman–Crippen MR) is 114 cm³/mol. The molecular weight excluding hydrogens is 423 g/mol. The van der Waals surface area contributed by atoms with Crippen LogP contribution in [0.4, 0.5) is 10.1 Å². The third-order valence-electron chi connectivity index (χ3n) is 5.41. The zero-order valence-corrected chi connectivity index (χ0v) is 18.2. The van der Waals surface area contributed by atoms with Crippen LogP contribution in [0.1, 0.15) is 34.3 Å². The molecular formula is C22H25FN2O5S. The summed E-state index contributed by atoms with van der Waals surface area (Å²) in [6.45, 7) is 2.12. The molecule has 1 heterocycles. The number of nitrogens with zero attached hydrogens (tertiary/aromatic N) is 1. The number of halogens is 1. The number of ether oxygens (including phenoxy) is 1. The molecule has 31 heavy (non-hydrogen) atoms. The summed E-state index contributed by atoms with van der Waals surface area (Å²) in [5.74, 6) is -1.99. The number of anilines is 1. The zero-order valence-electron chi connectivity index (χ0n) is 17.4. The van der Waals surface area contributed by atoms with Crippen molar-refractivity contribution in [1.29, 1.82) is 0 Å². The number of amides is 1. The molecule has 9 heteroatoms. The number of hydrogen-bond acceptors (Lipinski definition) is 5. The predicted octanol–water partition coefficient (Wildman–Crippen LogP) is 3.10. The maximum Gasteiger partial charge on any atom is 0.338 e. The summed E-state index contributed by atoms with van der Waals surface area (Å²) >= 11 is 0. The molecule has 0 unspecified atom stereocenters. The van der Waals surface area contributed by atoms with Gasteiger partial charge in [0.15, 0.2) is 0 Å². The van der Waals surface area contributed by atoms with Gasteiger partial charge in [-0.2, -0.15) is 0 Å². The fourth-order valence-corrected chi connectivity index (χ4v) is 5.24. The number of carbonyl (C=O) groups is 2. The van der Waals surface area contributed by atoms with Gasteiger partial charge in [-0.15, -0.1) is 0 Å². The molecule has 1 fully saturated rings. The average Bonchev–Trinajstić information content (AvgIpc) is 2.76. The summed E-state index contributed by atoms with van der Waals surface area (Å²) in [6.07, 6.45) is 1.12. The van der Waals surface area contributed by atoms with Crippen LogP contribution in [0, 0.1) is 18.7 Å². The molecule has 3 rings (SSSR count). The van der Waals surface area contributed by atoms with Gasteiger partial charge in [-0.05, 0) is 55.2 Å². The van der Waals surface area contributed by atoms with Crippen molar-refractivity contribution in [3.63, 3.8) is 0 Å². The van der Waals surface area contributed by atoms with E-state index in [1.807, 2.05) is 0 Å². The lowest BCUT2D eigenvalue weighted by molar-refractivity contribution is -0.120. The number of benzene rings is 2. The van der Waals surface area contributed by atoms with Crippen LogP contribution < -0.4 is 5.32 Å². The van der Waals surface area contributed by atoms with Gasteiger partial charge in [0.25, 0.3) is 0 Å². The lowest BCUT2D eigenvalue weighted by atomic mass is 9.98. The van der Waals surface area contributed by atoms with Gasteiger partial charge in [-0.3, -0.25) is 4.79 Å². The van der Waals surface area contributed by atoms with Crippen molar-refractivity contribution in [2.45, 2.75) is 25.5 Å². The van der Waals surface area contributed by atoms with Gasteiger partial charge < -0.3 is 10.1 Å². The van der Waals surface area contributed by atoms with E-state index < -0.39 is 27.7 Å². The highest BCUT2D eigenvalue weighted by molar-refractivity contribution is 7.88. The van der Waals surface area contributed by atoms with Crippen LogP contribution in [-0.2, 0) is 25.3 Å². The number of piperidine rings is 1. The van der Waals surface area contributed by atoms with E-state index in [1.54, 1.807) is 25.1 Å². The molecule has 7 nitrogen and oxygen atoms in total. The van der Waals surface area contributed by atoms with Crippen LogP contribution in [0.2, 0.25) is 0 Å². The van der Waals surface area contributed by atoms with Crippen molar-refractivity contribution >= 4 is 27.6 Å². The first kappa shape index (κ1) is 22.9. The van der Waals surface area contributed by atoms with E-state index in [1.165, 1.54) is 35.7 Å². The molecule has 0 aromatic heterocycles. The van der Waals surface area contributed by atoms with Crippen LogP contribution in [0.25, 0.3) is 0 Å². The van der Waals surface area contributed by atoms with E-state index >= 15 is 0 Å². The summed E-state index contributed by atoms with van der Waals surface area (Å²) in [5, 5.41) is 2.82. The first-order valence-corrected chi connectivity index (χ1v) is 11.5. The number of esters is 1. The largest absolute Gasteiger partial charge is 0.465 e. The summed E-state index contributed by atoms with van der Waals surface area (Å²) < 4.78 is 44.8. The van der Waals surface area contributed by atoms with E-state index in [4.69, 9.17) is 4.74 Å². The van der Waals surface area contributed by atoms with Crippen LogP contribution >= 0.6 is 0 Å². The SMILES string of the molecule is COC(=O)c1cccc(NC(=O)[C@H]2CCCN(S(=O)(=O)Cc3ccc(F)cc3)C2)c1C. The Bertz CT molecular complexity index is 1070. The minimum absolute atomic E-state index is 0.0745. The molecule has 0 saturated carbocycles. The Morgan fingerprint density at radius 2 is 1.90 bits per heavy atom. The molecule has 0 radical (unpaired) electrons. The number of methoxy groups -OCH3 is 1. The van der Waals surface area contributed by atoms with E-state index in [0.717, 1.165) is 0 Å². The monoisotopic (exact) mass is 448 g/mol. The van der Waals surface area contributed by atoms with Crippen molar-refractivity contribution in [3.05, 3.63) is 65.0 Å². The molecule has 1 aliphatic rings. The second kappa shape index (κ2) is 9.57. The Balaban J connectivity index is 1.69. The van der Waals surface area contributed by atoms with Gasteiger partial charge in [0.05, 0.1) is 24.3 Å². The second-order valence-electron chi connectivity index (χ2n) is 7.54. The standard InChI is InChI=1S/C22H25FN2O5S/c1-15-19(22(27)30-2)6-3-7-20(15)24-21(26)17-5-4-12-25(13-17)31(28,29)14-16-8-10-18(23)11-9-16/h3,6-11,17H,4-5,12-14H2,1-2H3,(H,24,26)/t17-/m0/s1. The van der Waals surface area contributed by atoms with Crippen LogP contribution in [0.15, 0.2) is 42.5 Å². The maximum absolute atomic E-state index is 13.1. The Hall–Kier alpha value is -2.78. The van der Waals surface area contributed by atoms with Gasteiger partial charge in [-0.25, -0.2) is 21.9 Å². The normalized spacial score (nSPS) is 17.2. The Kier molecular flexibility index (Phi) is 7.07. The number of nitrogens with one attached hydrogen (secondary N) is 1. The average molecular weight is 449 g/mol. The number of sulfonamides is 1. The third-order valence-corrected chi connectivity index (χ3v) is 7.22. The summed E-state index contributed by atoms with van der Waals surface area (Å²) in [4.78, 5) is 24.7. The third kappa shape index (κ3) is 5.48. The molecule has 1 aliphatic heterocycles. The van der Waals surface area contributed by atoms with E-state index in [9.17, 15) is 22.4 Å². The van der Waals surface area contributed by atoms with Gasteiger partial charge in [0.1, 0.15) is 5.82 Å². The molecule has 166 valence electrons. The lowest BCUT2D eigenvalue weighted by Crippen LogP contribution is -2.44. The van der Waals surface area contributed by atoms with Crippen molar-refractivity contribution in [2.24, 2.45) is 5.92 Å². The zero-order chi connectivity index (χ0) is 22.6. The minimum Gasteiger partial charge on any atom is -0.465 e. The molecule has 2 aromatic carbocycles. The highest BCUT2D eigenvalue weighted by atomic mass is 32.2. The number of hydrogen-bond donors (Lipinski definition) is 1. The van der Waals surface area contributed by atoms with E-state index in [0.29, 0.717) is 41.8 Å². The second-order valence-corrected chi connectivity index (χ2v) is 9.51. The first-order chi connectivity index (χ1) is 14.7. The Labute approximate surface area is 181 Å². The molecule has 0 spiro atoms. The molecule has 1 atom stereocenters. The smallest absolute Gasteiger partial charge is 0.338 e. The fraction of sp³-hybridized carbons (Fsp3) is 0.364. The summed E-state index contributed by atoms with van der Waals surface area (Å²) in [7, 11) is -2.36. The van der Waals surface area contributed by atoms with E-state index in [2.05, 4.69) is 5.32 Å². The van der Waals surface area contributed by atoms with Crippen molar-refractivity contribution in [1.82, 2.24) is 4.31 Å². The van der Waals surface area contributed by atoms with Crippen LogP contribution in [-0.4, -0.2) is 44.8 Å². The van der Waals surface area contributed by atoms with Gasteiger partial charge in [-0.1, -0.05) is 18.2 Å². The number of carbonyl (C=O) groups excluding carboxylic acids is 2. The molecule has 0 aliphatic carbocycles. The topological polar surface area (TPSA) is 92.8 Å². The van der Waals surface area contributed by atoms with Crippen LogP contribution in [0.3, 0.4) is 0 Å². The number of rotatable bonds is 6. The van der Waals surface area contributed by atoms with E-state index in [-0.39, 0.29) is 18.2 Å². The van der Waals surface area contributed by atoms with Crippen molar-refractivity contribution < 1.29 is 27.1 Å². The van der Waals surface area contributed by atoms with Crippen molar-refractivity contribution in [3.8, 4) is 0 Å². The molecule has 2 aromatic rings. The summed E-state index contributed by atoms with van der Waals surface area (Å²) in [6, 6.07) is 10.3. The molecule has 0 bridgehead atoms. The van der Waals surface area contributed by atoms with Gasteiger partial charge in [0.2, 0.25) is 15.9 Å². The molecule has 1 amide bonds. The Morgan fingerprint density at radius 3 is 2.58 bits per heavy atom. The fourth-order valence-electron chi connectivity index (χ4n) is 3.63. The first-order valence-electron chi connectivity index (χ1n) is 9.92. The summed E-state index contributed by atoms with van der Waals surface area (Å²) in [5.41, 5.74) is 1.91. The lowest BCUT2D eigenvalue weighted by Gasteiger charge is -2.31. The minimum atomic E-state index is -3.65. The van der Waals surface area contributed by atoms with Crippen LogP contribution in [0.5, 0.6) is 0 Å². The van der Waals surface area contributed by atoms with Gasteiger partial charge >= 0.3 is 5.97 Å². The highest BCUT2D eigenvalue weighted by Gasteiger charge is 2.32. The maximum atomic E-state index is 13.1. The molecule has 1 saturated heterocycles. The highest BCUT2D eigenvalue weighted by Crippen LogP contribution is 2.25. The van der Waals surface area contributed by atoms with Crippen molar-refractivity contribution in [2.75, 3.05) is 25.5 Å². The quantitative estimate of drug-likeness (QED) is 0.686.